The minimum Gasteiger partial charge on any atom is -0.476 e. The van der Waals surface area contributed by atoms with Gasteiger partial charge in [0.1, 0.15) is 16.7 Å². The van der Waals surface area contributed by atoms with Crippen molar-refractivity contribution in [1.29, 1.82) is 0 Å². The molecule has 1 saturated heterocycles. The Morgan fingerprint density at radius 3 is 2.51 bits per heavy atom. The molecule has 21 heteroatoms. The quantitative estimate of drug-likeness (QED) is 0.0474. The number of aryl methyl sites for hydroxylation is 2. The van der Waals surface area contributed by atoms with E-state index in [-0.39, 0.29) is 48.5 Å². The van der Waals surface area contributed by atoms with E-state index in [0.29, 0.717) is 105 Å². The summed E-state index contributed by atoms with van der Waals surface area (Å²) >= 11 is 2.90. The number of piperidine rings is 1. The lowest BCUT2D eigenvalue weighted by atomic mass is 9.92. The zero-order valence-electron chi connectivity index (χ0n) is 36.8. The first kappa shape index (κ1) is 46.3. The number of hydrogen-bond donors (Lipinski definition) is 3. The van der Waals surface area contributed by atoms with Gasteiger partial charge >= 0.3 is 5.97 Å². The number of thiazole rings is 2. The second-order valence-electron chi connectivity index (χ2n) is 16.3. The molecule has 3 aliphatic heterocycles. The van der Waals surface area contributed by atoms with E-state index in [1.165, 1.54) is 22.7 Å². The van der Waals surface area contributed by atoms with E-state index in [1.54, 1.807) is 29.1 Å². The fraction of sp³-hybridized carbons (Fsp3) is 0.362. The van der Waals surface area contributed by atoms with Gasteiger partial charge in [-0.25, -0.2) is 14.8 Å². The topological polar surface area (TPSA) is 237 Å². The number of carboxylic acid groups (broad SMARTS) is 1. The molecule has 3 aromatic carbocycles. The van der Waals surface area contributed by atoms with E-state index in [9.17, 15) is 33.9 Å². The van der Waals surface area contributed by atoms with Gasteiger partial charge in [-0.05, 0) is 61.1 Å². The summed E-state index contributed by atoms with van der Waals surface area (Å²) in [5, 5.41) is 25.2. The van der Waals surface area contributed by atoms with Crippen molar-refractivity contribution < 1.29 is 48.1 Å². The normalized spacial score (nSPS) is 15.8. The number of carboxylic acids is 1. The number of para-hydroxylation sites is 1. The Hall–Kier alpha value is -6.78. The summed E-state index contributed by atoms with van der Waals surface area (Å²) in [4.78, 5) is 89.1. The molecule has 1 fully saturated rings. The molecule has 0 saturated carbocycles. The number of aromatic carboxylic acids is 1. The molecule has 4 amide bonds. The molecule has 0 spiro atoms. The van der Waals surface area contributed by atoms with Crippen LogP contribution in [0.2, 0.25) is 0 Å². The fourth-order valence-corrected chi connectivity index (χ4v) is 10.6. The third kappa shape index (κ3) is 10.4. The molecule has 3 aromatic heterocycles. The van der Waals surface area contributed by atoms with Crippen LogP contribution >= 0.6 is 22.7 Å². The number of nitrogens with zero attached hydrogens (tertiary/aromatic N) is 7. The summed E-state index contributed by atoms with van der Waals surface area (Å²) in [6, 6.07) is 17.6. The van der Waals surface area contributed by atoms with E-state index in [2.05, 4.69) is 41.9 Å². The van der Waals surface area contributed by atoms with Crippen LogP contribution in [-0.4, -0.2) is 123 Å². The number of imide groups is 2. The third-order valence-electron chi connectivity index (χ3n) is 11.8. The Balaban J connectivity index is 0.664. The van der Waals surface area contributed by atoms with Crippen molar-refractivity contribution in [3.8, 4) is 0 Å². The van der Waals surface area contributed by atoms with Gasteiger partial charge in [0.2, 0.25) is 11.8 Å². The van der Waals surface area contributed by atoms with E-state index < -0.39 is 35.6 Å². The van der Waals surface area contributed by atoms with Gasteiger partial charge < -0.3 is 29.5 Å². The molecule has 3 aliphatic rings. The molecule has 9 rings (SSSR count). The first-order valence-electron chi connectivity index (χ1n) is 22.3. The summed E-state index contributed by atoms with van der Waals surface area (Å²) in [5.74, 6) is -3.30. The van der Waals surface area contributed by atoms with Gasteiger partial charge in [0.15, 0.2) is 16.6 Å². The van der Waals surface area contributed by atoms with E-state index >= 15 is 0 Å². The van der Waals surface area contributed by atoms with Gasteiger partial charge in [-0.2, -0.15) is 0 Å². The lowest BCUT2D eigenvalue weighted by Crippen LogP contribution is -2.54. The maximum absolute atomic E-state index is 13.6. The van der Waals surface area contributed by atoms with Crippen molar-refractivity contribution in [3.63, 3.8) is 0 Å². The number of carbonyl (C=O) groups excluding carboxylic acids is 5. The van der Waals surface area contributed by atoms with Crippen molar-refractivity contribution in [2.45, 2.75) is 64.3 Å². The Kier molecular flexibility index (Phi) is 14.3. The standard InChI is InChI=1S/C47H47N9O10S2/c57-36(24-40-49-33-9-1-2-11-37(33)67-40)30-7-3-6-28-15-18-54(26-32(28)30)47-51-42(46(62)63)38(68-47)12-5-17-55-25-29(52-53-55)27-66-23-22-65-21-20-64-19-16-48-34-10-4-8-31-41(34)45(61)56(44(31)60)35-13-14-39(58)50-43(35)59/h1-4,6-11,25,35,48H,5,12-24,26-27H2,(H,62,63)(H,50,58,59). The molecule has 0 aliphatic carbocycles. The smallest absolute Gasteiger partial charge is 0.355 e. The zero-order chi connectivity index (χ0) is 47.1. The third-order valence-corrected chi connectivity index (χ3v) is 14.0. The van der Waals surface area contributed by atoms with Crippen molar-refractivity contribution in [2.75, 3.05) is 56.3 Å². The first-order valence-corrected chi connectivity index (χ1v) is 23.9. The zero-order valence-corrected chi connectivity index (χ0v) is 38.4. The highest BCUT2D eigenvalue weighted by Gasteiger charge is 2.45. The molecule has 19 nitrogen and oxygen atoms in total. The van der Waals surface area contributed by atoms with E-state index in [4.69, 9.17) is 14.2 Å². The molecule has 1 atom stereocenters. The maximum Gasteiger partial charge on any atom is 0.355 e. The average Bonchev–Trinajstić information content (AvgIpc) is 4.13. The molecule has 6 aromatic rings. The van der Waals surface area contributed by atoms with Crippen molar-refractivity contribution >= 4 is 79.1 Å². The number of hydrogen-bond acceptors (Lipinski definition) is 17. The molecule has 0 radical (unpaired) electrons. The lowest BCUT2D eigenvalue weighted by molar-refractivity contribution is -0.136. The summed E-state index contributed by atoms with van der Waals surface area (Å²) in [7, 11) is 0. The van der Waals surface area contributed by atoms with Gasteiger partial charge in [-0.15, -0.1) is 27.8 Å². The van der Waals surface area contributed by atoms with Crippen LogP contribution in [0.25, 0.3) is 10.2 Å². The molecule has 0 bridgehead atoms. The van der Waals surface area contributed by atoms with Gasteiger partial charge in [-0.3, -0.25) is 38.9 Å². The molecular formula is C47H47N9O10S2. The second-order valence-corrected chi connectivity index (χ2v) is 18.5. The number of anilines is 2. The van der Waals surface area contributed by atoms with Gasteiger partial charge in [-0.1, -0.05) is 41.6 Å². The molecule has 352 valence electrons. The monoisotopic (exact) mass is 961 g/mol. The average molecular weight is 962 g/mol. The Morgan fingerprint density at radius 1 is 0.882 bits per heavy atom. The SMILES string of the molecule is O=C1CCC(N2C(=O)c3cccc(NCCOCCOCCOCc4cn(CCCc5sc(N6CCc7cccc(C(=O)Cc8nc9ccccc9s8)c7C6)nc5C(=O)O)nn4)c3C2=O)C(=O)N1. The van der Waals surface area contributed by atoms with Crippen LogP contribution in [0.1, 0.15) is 87.5 Å². The first-order chi connectivity index (χ1) is 33.1. The number of amides is 4. The highest BCUT2D eigenvalue weighted by Crippen LogP contribution is 2.35. The van der Waals surface area contributed by atoms with Crippen LogP contribution in [0.5, 0.6) is 0 Å². The summed E-state index contributed by atoms with van der Waals surface area (Å²) < 4.78 is 19.7. The second kappa shape index (κ2) is 21.0. The number of benzene rings is 3. The minimum absolute atomic E-state index is 0.00714. The largest absolute Gasteiger partial charge is 0.476 e. The van der Waals surface area contributed by atoms with Crippen molar-refractivity contribution in [3.05, 3.63) is 116 Å². The van der Waals surface area contributed by atoms with Crippen LogP contribution in [0.4, 0.5) is 10.8 Å². The molecule has 3 N–H and O–H groups in total. The van der Waals surface area contributed by atoms with E-state index in [0.717, 1.165) is 31.3 Å². The molecule has 1 unspecified atom stereocenters. The van der Waals surface area contributed by atoms with Gasteiger partial charge in [0.25, 0.3) is 11.8 Å². The molecular weight excluding hydrogens is 915 g/mol. The van der Waals surface area contributed by atoms with Gasteiger partial charge in [0, 0.05) is 48.7 Å². The molecule has 6 heterocycles. The predicted molar refractivity (Wildman–Crippen MR) is 249 cm³/mol. The van der Waals surface area contributed by atoms with Crippen LogP contribution in [0.15, 0.2) is 66.9 Å². The maximum atomic E-state index is 13.6. The number of carbonyl (C=O) groups is 6. The lowest BCUT2D eigenvalue weighted by Gasteiger charge is -2.29. The highest BCUT2D eigenvalue weighted by atomic mass is 32.1. The van der Waals surface area contributed by atoms with Crippen molar-refractivity contribution in [1.82, 2.24) is 35.2 Å². The van der Waals surface area contributed by atoms with Crippen LogP contribution in [0, 0.1) is 0 Å². The Bertz CT molecular complexity index is 2860. The van der Waals surface area contributed by atoms with E-state index in [1.807, 2.05) is 36.4 Å². The highest BCUT2D eigenvalue weighted by molar-refractivity contribution is 7.18. The minimum atomic E-state index is -1.08. The molecule has 68 heavy (non-hydrogen) atoms. The fourth-order valence-electron chi connectivity index (χ4n) is 8.50. The summed E-state index contributed by atoms with van der Waals surface area (Å²) in [6.45, 7) is 3.84. The number of Topliss-reactive ketones (excluding diaryl/α,β-unsaturated/α-hetero) is 1. The number of ether oxygens (including phenoxy) is 3. The Labute approximate surface area is 397 Å². The predicted octanol–water partition coefficient (Wildman–Crippen LogP) is 4.73. The Morgan fingerprint density at radius 2 is 1.69 bits per heavy atom. The number of fused-ring (bicyclic) bond motifs is 3. The van der Waals surface area contributed by atoms with Crippen LogP contribution < -0.4 is 15.5 Å². The van der Waals surface area contributed by atoms with Crippen LogP contribution in [-0.2, 0) is 62.8 Å². The number of aromatic nitrogens is 5. The number of nitrogens with one attached hydrogen (secondary N) is 2. The summed E-state index contributed by atoms with van der Waals surface area (Å²) in [6.07, 6.45) is 3.96. The number of rotatable bonds is 22. The van der Waals surface area contributed by atoms with Gasteiger partial charge in [0.05, 0.1) is 73.6 Å². The van der Waals surface area contributed by atoms with Crippen LogP contribution in [0.3, 0.4) is 0 Å². The summed E-state index contributed by atoms with van der Waals surface area (Å²) in [5.41, 5.74) is 5.15. The van der Waals surface area contributed by atoms with Crippen molar-refractivity contribution in [2.24, 2.45) is 0 Å². The number of ketones is 1.